The van der Waals surface area contributed by atoms with Gasteiger partial charge in [-0.3, -0.25) is 9.59 Å². The summed E-state index contributed by atoms with van der Waals surface area (Å²) in [4.78, 5) is 24.9. The van der Waals surface area contributed by atoms with E-state index in [0.717, 1.165) is 18.4 Å². The van der Waals surface area contributed by atoms with Crippen LogP contribution in [0.25, 0.3) is 0 Å². The van der Waals surface area contributed by atoms with Crippen molar-refractivity contribution in [1.29, 1.82) is 0 Å². The van der Waals surface area contributed by atoms with Crippen LogP contribution < -0.4 is 0 Å². The quantitative estimate of drug-likeness (QED) is 0.893. The van der Waals surface area contributed by atoms with Crippen molar-refractivity contribution in [2.24, 2.45) is 5.92 Å². The third kappa shape index (κ3) is 3.97. The summed E-state index contributed by atoms with van der Waals surface area (Å²) in [7, 11) is 0. The Hall–Kier alpha value is -2.04. The first-order valence-electron chi connectivity index (χ1n) is 7.28. The molecule has 0 aromatic heterocycles. The molecule has 1 aliphatic rings. The molecule has 1 fully saturated rings. The first kappa shape index (κ1) is 15.4. The Morgan fingerprint density at radius 1 is 1.29 bits per heavy atom. The largest absolute Gasteiger partial charge is 0.508 e. The fraction of sp³-hybridized carbons (Fsp3) is 0.500. The summed E-state index contributed by atoms with van der Waals surface area (Å²) in [5.74, 6) is -0.208. The van der Waals surface area contributed by atoms with Crippen LogP contribution in [-0.2, 0) is 4.79 Å². The summed E-state index contributed by atoms with van der Waals surface area (Å²) >= 11 is 0. The van der Waals surface area contributed by atoms with Gasteiger partial charge in [0.05, 0.1) is 0 Å². The summed E-state index contributed by atoms with van der Waals surface area (Å²) < 4.78 is 0. The number of carboxylic acid groups (broad SMARTS) is 1. The highest BCUT2D eigenvalue weighted by atomic mass is 16.4. The molecular formula is C16H21NO4. The number of carboxylic acids is 1. The number of hydrogen-bond acceptors (Lipinski definition) is 3. The van der Waals surface area contributed by atoms with Crippen LogP contribution in [0, 0.1) is 12.8 Å². The van der Waals surface area contributed by atoms with E-state index in [0.29, 0.717) is 31.0 Å². The van der Waals surface area contributed by atoms with E-state index in [2.05, 4.69) is 0 Å². The van der Waals surface area contributed by atoms with Gasteiger partial charge >= 0.3 is 5.97 Å². The van der Waals surface area contributed by atoms with Crippen LogP contribution in [0.5, 0.6) is 5.75 Å². The molecule has 1 heterocycles. The minimum atomic E-state index is -0.756. The van der Waals surface area contributed by atoms with E-state index in [1.165, 1.54) is 6.07 Å². The van der Waals surface area contributed by atoms with E-state index < -0.39 is 5.97 Å². The molecule has 0 bridgehead atoms. The number of hydrogen-bond donors (Lipinski definition) is 2. The number of aryl methyl sites for hydroxylation is 1. The molecule has 0 radical (unpaired) electrons. The monoisotopic (exact) mass is 291 g/mol. The number of rotatable bonds is 4. The van der Waals surface area contributed by atoms with Crippen LogP contribution in [-0.4, -0.2) is 40.1 Å². The van der Waals surface area contributed by atoms with E-state index in [1.807, 2.05) is 11.8 Å². The molecule has 21 heavy (non-hydrogen) atoms. The summed E-state index contributed by atoms with van der Waals surface area (Å²) in [6.45, 7) is 3.15. The molecular weight excluding hydrogens is 270 g/mol. The van der Waals surface area contributed by atoms with E-state index in [1.54, 1.807) is 12.1 Å². The lowest BCUT2D eigenvalue weighted by atomic mass is 9.91. The molecule has 1 saturated heterocycles. The number of carbonyl (C=O) groups excluding carboxylic acids is 1. The molecule has 1 aromatic rings. The molecule has 1 aliphatic heterocycles. The molecule has 0 unspecified atom stereocenters. The van der Waals surface area contributed by atoms with Crippen LogP contribution in [0.4, 0.5) is 0 Å². The fourth-order valence-electron chi connectivity index (χ4n) is 2.81. The normalized spacial score (nSPS) is 16.0. The van der Waals surface area contributed by atoms with Crippen molar-refractivity contribution in [1.82, 2.24) is 4.90 Å². The highest BCUT2D eigenvalue weighted by Gasteiger charge is 2.24. The smallest absolute Gasteiger partial charge is 0.303 e. The lowest BCUT2D eigenvalue weighted by Crippen LogP contribution is -2.38. The van der Waals surface area contributed by atoms with Crippen molar-refractivity contribution in [2.75, 3.05) is 13.1 Å². The van der Waals surface area contributed by atoms with Gasteiger partial charge in [0.25, 0.3) is 5.91 Å². The molecule has 1 amide bonds. The zero-order valence-corrected chi connectivity index (χ0v) is 12.2. The molecule has 0 atom stereocenters. The highest BCUT2D eigenvalue weighted by Crippen LogP contribution is 2.24. The van der Waals surface area contributed by atoms with Gasteiger partial charge in [-0.2, -0.15) is 0 Å². The Kier molecular flexibility index (Phi) is 4.83. The van der Waals surface area contributed by atoms with Gasteiger partial charge in [0, 0.05) is 25.1 Å². The lowest BCUT2D eigenvalue weighted by Gasteiger charge is -2.32. The van der Waals surface area contributed by atoms with Crippen LogP contribution in [0.2, 0.25) is 0 Å². The Labute approximate surface area is 124 Å². The molecule has 5 heteroatoms. The van der Waals surface area contributed by atoms with Crippen molar-refractivity contribution in [3.8, 4) is 5.75 Å². The number of likely N-dealkylation sites (tertiary alicyclic amines) is 1. The van der Waals surface area contributed by atoms with Gasteiger partial charge < -0.3 is 15.1 Å². The second kappa shape index (κ2) is 6.61. The number of carbonyl (C=O) groups is 2. The number of amides is 1. The second-order valence-corrected chi connectivity index (χ2v) is 5.67. The molecule has 5 nitrogen and oxygen atoms in total. The minimum Gasteiger partial charge on any atom is -0.508 e. The van der Waals surface area contributed by atoms with Crippen molar-refractivity contribution >= 4 is 11.9 Å². The predicted octanol–water partition coefficient (Wildman–Crippen LogP) is 2.42. The SMILES string of the molecule is Cc1cc(O)ccc1C(=O)N1CCC(CCC(=O)O)CC1. The van der Waals surface area contributed by atoms with Gasteiger partial charge in [0.1, 0.15) is 5.75 Å². The molecule has 2 N–H and O–H groups in total. The Bertz CT molecular complexity index is 533. The van der Waals surface area contributed by atoms with Gasteiger partial charge in [-0.05, 0) is 55.9 Å². The number of aromatic hydroxyl groups is 1. The summed E-state index contributed by atoms with van der Waals surface area (Å²) in [5.41, 5.74) is 1.39. The lowest BCUT2D eigenvalue weighted by molar-refractivity contribution is -0.137. The van der Waals surface area contributed by atoms with E-state index in [4.69, 9.17) is 5.11 Å². The van der Waals surface area contributed by atoms with Crippen LogP contribution in [0.15, 0.2) is 18.2 Å². The average molecular weight is 291 g/mol. The maximum absolute atomic E-state index is 12.5. The second-order valence-electron chi connectivity index (χ2n) is 5.67. The maximum atomic E-state index is 12.5. The molecule has 0 saturated carbocycles. The molecule has 114 valence electrons. The Morgan fingerprint density at radius 3 is 2.52 bits per heavy atom. The standard InChI is InChI=1S/C16H21NO4/c1-11-10-13(18)3-4-14(11)16(21)17-8-6-12(7-9-17)2-5-15(19)20/h3-4,10,12,18H,2,5-9H2,1H3,(H,19,20). The number of piperidine rings is 1. The van der Waals surface area contributed by atoms with Crippen LogP contribution in [0.1, 0.15) is 41.6 Å². The Balaban J connectivity index is 1.92. The number of aliphatic carboxylic acids is 1. The van der Waals surface area contributed by atoms with Crippen molar-refractivity contribution in [3.63, 3.8) is 0 Å². The van der Waals surface area contributed by atoms with Crippen LogP contribution in [0.3, 0.4) is 0 Å². The zero-order valence-electron chi connectivity index (χ0n) is 12.2. The summed E-state index contributed by atoms with van der Waals surface area (Å²) in [6.07, 6.45) is 2.61. The number of phenolic OH excluding ortho intramolecular Hbond substituents is 1. The van der Waals surface area contributed by atoms with Gasteiger partial charge in [-0.25, -0.2) is 0 Å². The third-order valence-electron chi connectivity index (χ3n) is 4.11. The van der Waals surface area contributed by atoms with Gasteiger partial charge in [0.2, 0.25) is 0 Å². The van der Waals surface area contributed by atoms with E-state index in [-0.39, 0.29) is 18.1 Å². The molecule has 0 spiro atoms. The molecule has 2 rings (SSSR count). The number of nitrogens with zero attached hydrogens (tertiary/aromatic N) is 1. The molecule has 1 aromatic carbocycles. The zero-order chi connectivity index (χ0) is 15.4. The van der Waals surface area contributed by atoms with Crippen molar-refractivity contribution in [2.45, 2.75) is 32.6 Å². The van der Waals surface area contributed by atoms with Gasteiger partial charge in [-0.1, -0.05) is 0 Å². The van der Waals surface area contributed by atoms with Crippen LogP contribution >= 0.6 is 0 Å². The third-order valence-corrected chi connectivity index (χ3v) is 4.11. The first-order chi connectivity index (χ1) is 9.97. The highest BCUT2D eigenvalue weighted by molar-refractivity contribution is 5.95. The van der Waals surface area contributed by atoms with Crippen molar-refractivity contribution in [3.05, 3.63) is 29.3 Å². The van der Waals surface area contributed by atoms with E-state index >= 15 is 0 Å². The summed E-state index contributed by atoms with van der Waals surface area (Å²) in [5, 5.41) is 18.1. The fourth-order valence-corrected chi connectivity index (χ4v) is 2.81. The number of phenols is 1. The Morgan fingerprint density at radius 2 is 1.95 bits per heavy atom. The predicted molar refractivity (Wildman–Crippen MR) is 78.3 cm³/mol. The number of benzene rings is 1. The first-order valence-corrected chi connectivity index (χ1v) is 7.28. The van der Waals surface area contributed by atoms with Crippen molar-refractivity contribution < 1.29 is 19.8 Å². The van der Waals surface area contributed by atoms with Gasteiger partial charge in [0.15, 0.2) is 0 Å². The minimum absolute atomic E-state index is 0.0100. The molecule has 0 aliphatic carbocycles. The topological polar surface area (TPSA) is 77.8 Å². The summed E-state index contributed by atoms with van der Waals surface area (Å²) in [6, 6.07) is 4.77. The average Bonchev–Trinajstić information content (AvgIpc) is 2.45. The van der Waals surface area contributed by atoms with E-state index in [9.17, 15) is 14.7 Å². The maximum Gasteiger partial charge on any atom is 0.303 e. The van der Waals surface area contributed by atoms with Gasteiger partial charge in [-0.15, -0.1) is 0 Å².